The van der Waals surface area contributed by atoms with Crippen LogP contribution in [-0.2, 0) is 4.79 Å². The first-order valence-corrected chi connectivity index (χ1v) is 8.93. The zero-order valence-electron chi connectivity index (χ0n) is 15.4. The number of aryl methyl sites for hydroxylation is 1. The highest BCUT2D eigenvalue weighted by Gasteiger charge is 2.36. The Kier molecular flexibility index (Phi) is 5.26. The zero-order chi connectivity index (χ0) is 18.7. The maximum absolute atomic E-state index is 13.0. The monoisotopic (exact) mass is 352 g/mol. The molecule has 5 nitrogen and oxygen atoms in total. The molecule has 1 aliphatic heterocycles. The van der Waals surface area contributed by atoms with Crippen LogP contribution in [0.15, 0.2) is 48.5 Å². The molecule has 0 spiro atoms. The molecule has 1 heterocycles. The van der Waals surface area contributed by atoms with Crippen molar-refractivity contribution in [2.45, 2.75) is 26.8 Å². The van der Waals surface area contributed by atoms with E-state index < -0.39 is 6.04 Å². The first-order chi connectivity index (χ1) is 12.5. The maximum Gasteiger partial charge on any atom is 0.254 e. The number of rotatable bonds is 4. The van der Waals surface area contributed by atoms with Crippen molar-refractivity contribution >= 4 is 17.5 Å². The molecule has 0 bridgehead atoms. The number of amides is 2. The third kappa shape index (κ3) is 3.43. The second-order valence-electron chi connectivity index (χ2n) is 6.43. The van der Waals surface area contributed by atoms with Gasteiger partial charge in [-0.2, -0.15) is 0 Å². The molecule has 26 heavy (non-hydrogen) atoms. The predicted octanol–water partition coefficient (Wildman–Crippen LogP) is 3.27. The van der Waals surface area contributed by atoms with E-state index in [1.54, 1.807) is 22.8 Å². The van der Waals surface area contributed by atoms with E-state index in [0.29, 0.717) is 31.0 Å². The van der Waals surface area contributed by atoms with Gasteiger partial charge in [0, 0.05) is 18.7 Å². The Bertz CT molecular complexity index is 818. The molecule has 2 aromatic rings. The Balaban J connectivity index is 1.82. The minimum Gasteiger partial charge on any atom is -0.492 e. The number of para-hydroxylation sites is 2. The number of anilines is 1. The van der Waals surface area contributed by atoms with E-state index in [4.69, 9.17) is 4.74 Å². The largest absolute Gasteiger partial charge is 0.492 e. The molecule has 0 saturated carbocycles. The minimum absolute atomic E-state index is 0.0931. The smallest absolute Gasteiger partial charge is 0.254 e. The zero-order valence-corrected chi connectivity index (χ0v) is 15.4. The van der Waals surface area contributed by atoms with Crippen LogP contribution in [0.5, 0.6) is 5.75 Å². The second-order valence-corrected chi connectivity index (χ2v) is 6.43. The summed E-state index contributed by atoms with van der Waals surface area (Å²) in [5, 5.41) is 0. The fourth-order valence-electron chi connectivity index (χ4n) is 3.29. The molecule has 0 aliphatic carbocycles. The van der Waals surface area contributed by atoms with Gasteiger partial charge in [0.15, 0.2) is 0 Å². The molecule has 5 heteroatoms. The third-order valence-corrected chi connectivity index (χ3v) is 4.64. The van der Waals surface area contributed by atoms with E-state index in [1.165, 1.54) is 0 Å². The van der Waals surface area contributed by atoms with Crippen LogP contribution in [0.4, 0.5) is 5.69 Å². The fraction of sp³-hybridized carbons (Fsp3) is 0.333. The molecule has 1 fully saturated rings. The van der Waals surface area contributed by atoms with Gasteiger partial charge < -0.3 is 14.5 Å². The lowest BCUT2D eigenvalue weighted by Crippen LogP contribution is -2.57. The van der Waals surface area contributed by atoms with E-state index in [2.05, 4.69) is 0 Å². The second kappa shape index (κ2) is 7.60. The first kappa shape index (κ1) is 18.0. The summed E-state index contributed by atoms with van der Waals surface area (Å²) in [5.74, 6) is 0.491. The van der Waals surface area contributed by atoms with Crippen LogP contribution < -0.4 is 9.64 Å². The molecule has 1 saturated heterocycles. The number of ether oxygens (including phenoxy) is 1. The summed E-state index contributed by atoms with van der Waals surface area (Å²) in [6, 6.07) is 14.5. The molecule has 3 rings (SSSR count). The van der Waals surface area contributed by atoms with Gasteiger partial charge in [0.25, 0.3) is 5.91 Å². The van der Waals surface area contributed by atoms with E-state index in [0.717, 1.165) is 11.3 Å². The molecule has 136 valence electrons. The van der Waals surface area contributed by atoms with Crippen molar-refractivity contribution in [2.75, 3.05) is 24.6 Å². The summed E-state index contributed by atoms with van der Waals surface area (Å²) in [6.07, 6.45) is 0. The summed E-state index contributed by atoms with van der Waals surface area (Å²) in [7, 11) is 0. The van der Waals surface area contributed by atoms with Gasteiger partial charge in [-0.3, -0.25) is 9.59 Å². The third-order valence-electron chi connectivity index (χ3n) is 4.64. The van der Waals surface area contributed by atoms with Crippen molar-refractivity contribution in [1.29, 1.82) is 0 Å². The van der Waals surface area contributed by atoms with Crippen LogP contribution in [0.25, 0.3) is 0 Å². The number of carbonyl (C=O) groups excluding carboxylic acids is 2. The van der Waals surface area contributed by atoms with Gasteiger partial charge in [0.05, 0.1) is 12.3 Å². The molecule has 2 amide bonds. The lowest BCUT2D eigenvalue weighted by molar-refractivity contribution is -0.124. The van der Waals surface area contributed by atoms with Gasteiger partial charge in [-0.05, 0) is 45.0 Å². The first-order valence-electron chi connectivity index (χ1n) is 8.93. The van der Waals surface area contributed by atoms with Gasteiger partial charge >= 0.3 is 0 Å². The Labute approximate surface area is 154 Å². The number of benzene rings is 2. The van der Waals surface area contributed by atoms with Crippen LogP contribution in [-0.4, -0.2) is 42.5 Å². The fourth-order valence-corrected chi connectivity index (χ4v) is 3.29. The van der Waals surface area contributed by atoms with E-state index >= 15 is 0 Å². The van der Waals surface area contributed by atoms with Crippen LogP contribution in [0, 0.1) is 6.92 Å². The summed E-state index contributed by atoms with van der Waals surface area (Å²) in [5.41, 5.74) is 2.40. The topological polar surface area (TPSA) is 49.9 Å². The highest BCUT2D eigenvalue weighted by molar-refractivity contribution is 6.04. The van der Waals surface area contributed by atoms with Crippen LogP contribution in [0.3, 0.4) is 0 Å². The molecule has 2 aromatic carbocycles. The molecule has 0 unspecified atom stereocenters. The van der Waals surface area contributed by atoms with Crippen molar-refractivity contribution in [1.82, 2.24) is 4.90 Å². The average Bonchev–Trinajstić information content (AvgIpc) is 2.64. The Morgan fingerprint density at radius 3 is 2.65 bits per heavy atom. The van der Waals surface area contributed by atoms with Gasteiger partial charge in [0.2, 0.25) is 5.91 Å². The Morgan fingerprint density at radius 2 is 1.92 bits per heavy atom. The number of hydrogen-bond donors (Lipinski definition) is 0. The quantitative estimate of drug-likeness (QED) is 0.848. The average molecular weight is 352 g/mol. The number of hydrogen-bond acceptors (Lipinski definition) is 3. The van der Waals surface area contributed by atoms with Crippen molar-refractivity contribution in [3.05, 3.63) is 59.7 Å². The summed E-state index contributed by atoms with van der Waals surface area (Å²) in [4.78, 5) is 29.2. The van der Waals surface area contributed by atoms with Gasteiger partial charge in [0.1, 0.15) is 11.8 Å². The van der Waals surface area contributed by atoms with Crippen LogP contribution >= 0.6 is 0 Å². The van der Waals surface area contributed by atoms with Crippen molar-refractivity contribution in [3.8, 4) is 5.75 Å². The number of piperazine rings is 1. The number of carbonyl (C=O) groups is 2. The summed E-state index contributed by atoms with van der Waals surface area (Å²) in [6.45, 7) is 7.12. The van der Waals surface area contributed by atoms with E-state index in [9.17, 15) is 9.59 Å². The molecular weight excluding hydrogens is 328 g/mol. The maximum atomic E-state index is 13.0. The molecule has 1 aliphatic rings. The van der Waals surface area contributed by atoms with Crippen LogP contribution in [0.1, 0.15) is 29.8 Å². The van der Waals surface area contributed by atoms with Gasteiger partial charge in [-0.15, -0.1) is 0 Å². The van der Waals surface area contributed by atoms with Crippen molar-refractivity contribution in [3.63, 3.8) is 0 Å². The number of nitrogens with zero attached hydrogens (tertiary/aromatic N) is 2. The lowest BCUT2D eigenvalue weighted by atomic mass is 10.1. The molecule has 1 atom stereocenters. The van der Waals surface area contributed by atoms with E-state index in [1.807, 2.05) is 56.3 Å². The van der Waals surface area contributed by atoms with Crippen molar-refractivity contribution in [2.24, 2.45) is 0 Å². The highest BCUT2D eigenvalue weighted by Crippen LogP contribution is 2.30. The Hall–Kier alpha value is -2.82. The van der Waals surface area contributed by atoms with Gasteiger partial charge in [-0.25, -0.2) is 0 Å². The SMILES string of the molecule is CCOc1ccccc1N1CCN(C(=O)c2cccc(C)c2)[C@H](C)C1=O. The molecule has 0 radical (unpaired) electrons. The Morgan fingerprint density at radius 1 is 1.15 bits per heavy atom. The molecule has 0 aromatic heterocycles. The minimum atomic E-state index is -0.522. The summed E-state index contributed by atoms with van der Waals surface area (Å²) < 4.78 is 5.66. The van der Waals surface area contributed by atoms with Crippen LogP contribution in [0.2, 0.25) is 0 Å². The van der Waals surface area contributed by atoms with E-state index in [-0.39, 0.29) is 11.8 Å². The molecule has 0 N–H and O–H groups in total. The van der Waals surface area contributed by atoms with Crippen molar-refractivity contribution < 1.29 is 14.3 Å². The normalized spacial score (nSPS) is 17.3. The molecular formula is C21H24N2O3. The standard InChI is InChI=1S/C21H24N2O3/c1-4-26-19-11-6-5-10-18(19)23-13-12-22(16(3)20(23)24)21(25)17-9-7-8-15(2)14-17/h5-11,14,16H,4,12-13H2,1-3H3/t16-/m1/s1. The lowest BCUT2D eigenvalue weighted by Gasteiger charge is -2.39. The highest BCUT2D eigenvalue weighted by atomic mass is 16.5. The summed E-state index contributed by atoms with van der Waals surface area (Å²) >= 11 is 0. The predicted molar refractivity (Wildman–Crippen MR) is 102 cm³/mol. The van der Waals surface area contributed by atoms with Gasteiger partial charge in [-0.1, -0.05) is 29.8 Å².